The summed E-state index contributed by atoms with van der Waals surface area (Å²) in [5.41, 5.74) is 1.58. The normalized spacial score (nSPS) is 22.9. The number of carboxylic acids is 3. The average Bonchev–Trinajstić information content (AvgIpc) is 3.96. The van der Waals surface area contributed by atoms with E-state index in [0.29, 0.717) is 77.6 Å². The molecule has 0 saturated carbocycles. The van der Waals surface area contributed by atoms with Crippen molar-refractivity contribution in [2.75, 3.05) is 91.6 Å². The fraction of sp³-hybridized carbons (Fsp3) is 0.660. The van der Waals surface area contributed by atoms with Crippen LogP contribution in [-0.4, -0.2) is 232 Å². The summed E-state index contributed by atoms with van der Waals surface area (Å²) in [5, 5.41) is 53.6. The number of nitrogens with zero attached hydrogens (tertiary/aromatic N) is 5. The lowest BCUT2D eigenvalue weighted by molar-refractivity contribution is -0.155. The molecule has 10 N–H and O–H groups in total. The molecule has 0 spiro atoms. The Bertz CT molecular complexity index is 2380. The lowest BCUT2D eigenvalue weighted by Crippen LogP contribution is -2.55. The fourth-order valence-electron chi connectivity index (χ4n) is 10.3. The van der Waals surface area contributed by atoms with E-state index in [0.717, 1.165) is 18.4 Å². The van der Waals surface area contributed by atoms with Crippen LogP contribution in [-0.2, 0) is 70.4 Å². The van der Waals surface area contributed by atoms with Gasteiger partial charge >= 0.3 is 23.9 Å². The molecule has 27 heteroatoms. The Morgan fingerprint density at radius 3 is 1.92 bits per heavy atom. The Morgan fingerprint density at radius 2 is 1.32 bits per heavy atom. The largest absolute Gasteiger partial charge is 0.481 e. The second-order valence-electron chi connectivity index (χ2n) is 20.5. The Hall–Kier alpha value is -6.81. The number of hydrogen-bond acceptors (Lipinski definition) is 17. The topological polar surface area (TPSA) is 368 Å². The zero-order valence-electron chi connectivity index (χ0n) is 43.5. The first kappa shape index (κ1) is 59.4. The van der Waals surface area contributed by atoms with Gasteiger partial charge in [0.2, 0.25) is 41.7 Å². The van der Waals surface area contributed by atoms with E-state index in [1.165, 1.54) is 6.08 Å². The number of carbonyl (C=O) groups excluding carboxylic acids is 8. The third kappa shape index (κ3) is 17.6. The van der Waals surface area contributed by atoms with E-state index in [4.69, 9.17) is 4.74 Å². The molecular weight excluding hydrogens is 1010 g/mol. The summed E-state index contributed by atoms with van der Waals surface area (Å²) < 4.78 is 6.60. The summed E-state index contributed by atoms with van der Waals surface area (Å²) in [6.07, 6.45) is 3.23. The predicted octanol–water partition coefficient (Wildman–Crippen LogP) is -3.83. The van der Waals surface area contributed by atoms with Gasteiger partial charge in [0.25, 0.3) is 0 Å². The number of aliphatic carboxylic acids is 3. The molecule has 1 aromatic rings. The second kappa shape index (κ2) is 28.0. The molecule has 3 saturated heterocycles. The lowest BCUT2D eigenvalue weighted by Gasteiger charge is -2.35. The van der Waals surface area contributed by atoms with Gasteiger partial charge in [-0.3, -0.25) is 67.4 Å². The molecule has 5 heterocycles. The number of piperidine rings is 1. The van der Waals surface area contributed by atoms with Crippen molar-refractivity contribution in [3.63, 3.8) is 0 Å². The van der Waals surface area contributed by atoms with E-state index < -0.39 is 127 Å². The molecule has 5 unspecified atom stereocenters. The molecule has 7 atom stereocenters. The quantitative estimate of drug-likeness (QED) is 0.0443. The van der Waals surface area contributed by atoms with Gasteiger partial charge in [0, 0.05) is 70.5 Å². The Labute approximate surface area is 444 Å². The molecule has 424 valence electrons. The highest BCUT2D eigenvalue weighted by Crippen LogP contribution is 2.35. The molecular formula is C50H73N11O16. The van der Waals surface area contributed by atoms with Crippen LogP contribution in [0.4, 0.5) is 0 Å². The van der Waals surface area contributed by atoms with Gasteiger partial charge in [-0.1, -0.05) is 26.3 Å². The number of carboxylic acid groups (broad SMARTS) is 3. The third-order valence-electron chi connectivity index (χ3n) is 14.8. The molecule has 4 aliphatic heterocycles. The van der Waals surface area contributed by atoms with Crippen molar-refractivity contribution in [2.24, 2.45) is 17.8 Å². The molecule has 0 radical (unpaired) electrons. The number of aryl methyl sites for hydroxylation is 1. The SMILES string of the molecule is CCC(C)C(NC(=O)CNC(=O)CNC(=O)C(CCC(=O)O)NC(=O)CN1CCC(CN2CCN(CC(=O)O)CCN(CC(=O)O)CC2)CC1)C(=O)N[C@H]1CCn2ccc3c2C(=C[C@@H](C(=O)NC2CC(=O)OC2O)C3)C1=O. The van der Waals surface area contributed by atoms with Gasteiger partial charge < -0.3 is 66.5 Å². The van der Waals surface area contributed by atoms with Crippen LogP contribution in [0.15, 0.2) is 18.3 Å². The van der Waals surface area contributed by atoms with Crippen LogP contribution in [0.2, 0.25) is 0 Å². The maximum atomic E-state index is 14.1. The summed E-state index contributed by atoms with van der Waals surface area (Å²) in [5.74, 6) is -9.32. The number of esters is 1. The number of aliphatic hydroxyl groups is 1. The van der Waals surface area contributed by atoms with Crippen molar-refractivity contribution in [2.45, 2.75) is 102 Å². The van der Waals surface area contributed by atoms with Crippen LogP contribution in [0.1, 0.15) is 70.1 Å². The standard InChI is InChI=1S/C50H73N11O16/c1-3-29(2)44(49(75)54-34-9-13-61-12-8-31-20-32(21-33(45(31)61)46(34)72)47(73)55-36-22-43(71)77-50(36)76)56-38(63)24-51-37(62)23-52-48(74)35(4-5-40(65)66)53-39(64)26-57-10-6-30(7-11-57)25-58-14-16-59(27-41(67)68)18-19-60(17-15-58)28-42(69)70/h8,12,21,29-30,32,34-36,44,50,76H,3-7,9-11,13-20,22-28H2,1-2H3,(H,51,62)(H,52,74)(H,53,64)(H,54,75)(H,55,73)(H,56,63)(H,65,66)(H,67,68)(H,69,70)/t29?,32-,34-,35?,36?,44?,50?/m0/s1. The van der Waals surface area contributed by atoms with Gasteiger partial charge in [-0.15, -0.1) is 0 Å². The molecule has 3 fully saturated rings. The molecule has 6 amide bonds. The monoisotopic (exact) mass is 1080 g/mol. The number of nitrogens with one attached hydrogen (secondary N) is 6. The van der Waals surface area contributed by atoms with Crippen LogP contribution in [0.5, 0.6) is 0 Å². The van der Waals surface area contributed by atoms with Crippen molar-refractivity contribution in [3.05, 3.63) is 29.6 Å². The Morgan fingerprint density at radius 1 is 0.701 bits per heavy atom. The summed E-state index contributed by atoms with van der Waals surface area (Å²) in [6, 6.07) is -2.62. The van der Waals surface area contributed by atoms with Gasteiger partial charge in [-0.25, -0.2) is 0 Å². The Balaban J connectivity index is 0.946. The van der Waals surface area contributed by atoms with Crippen LogP contribution in [0, 0.1) is 17.8 Å². The molecule has 0 aromatic carbocycles. The number of likely N-dealkylation sites (tertiary alicyclic amines) is 1. The number of aromatic nitrogens is 1. The van der Waals surface area contributed by atoms with Crippen molar-refractivity contribution in [3.8, 4) is 0 Å². The minimum Gasteiger partial charge on any atom is -0.481 e. The van der Waals surface area contributed by atoms with Gasteiger partial charge in [-0.2, -0.15) is 0 Å². The van der Waals surface area contributed by atoms with Crippen molar-refractivity contribution in [1.29, 1.82) is 0 Å². The van der Waals surface area contributed by atoms with Crippen LogP contribution in [0.25, 0.3) is 5.57 Å². The van der Waals surface area contributed by atoms with Gasteiger partial charge in [-0.05, 0) is 68.7 Å². The average molecular weight is 1080 g/mol. The summed E-state index contributed by atoms with van der Waals surface area (Å²) >= 11 is 0. The van der Waals surface area contributed by atoms with E-state index in [-0.39, 0.29) is 56.8 Å². The number of cyclic esters (lactones) is 1. The van der Waals surface area contributed by atoms with Crippen molar-refractivity contribution < 1.29 is 77.9 Å². The van der Waals surface area contributed by atoms with E-state index in [1.54, 1.807) is 29.8 Å². The molecule has 77 heavy (non-hydrogen) atoms. The third-order valence-corrected chi connectivity index (χ3v) is 14.8. The van der Waals surface area contributed by atoms with Crippen LogP contribution >= 0.6 is 0 Å². The minimum absolute atomic E-state index is 0.0760. The summed E-state index contributed by atoms with van der Waals surface area (Å²) in [4.78, 5) is 148. The molecule has 0 bridgehead atoms. The van der Waals surface area contributed by atoms with Crippen molar-refractivity contribution >= 4 is 70.7 Å². The highest BCUT2D eigenvalue weighted by Gasteiger charge is 2.40. The lowest BCUT2D eigenvalue weighted by atomic mass is 9.85. The van der Waals surface area contributed by atoms with E-state index in [1.807, 2.05) is 15.5 Å². The number of rotatable bonds is 24. The zero-order chi connectivity index (χ0) is 55.9. The first-order valence-corrected chi connectivity index (χ1v) is 26.3. The highest BCUT2D eigenvalue weighted by molar-refractivity contribution is 6.25. The maximum Gasteiger partial charge on any atom is 0.317 e. The second-order valence-corrected chi connectivity index (χ2v) is 20.5. The van der Waals surface area contributed by atoms with Crippen molar-refractivity contribution in [1.82, 2.24) is 56.1 Å². The number of carbonyl (C=O) groups is 11. The number of aliphatic hydroxyl groups excluding tert-OH is 1. The fourth-order valence-corrected chi connectivity index (χ4v) is 10.3. The maximum absolute atomic E-state index is 14.1. The molecule has 1 aliphatic carbocycles. The number of ether oxygens (including phenoxy) is 1. The van der Waals surface area contributed by atoms with Gasteiger partial charge in [0.05, 0.1) is 56.8 Å². The highest BCUT2D eigenvalue weighted by atomic mass is 16.6. The minimum atomic E-state index is -1.50. The molecule has 5 aliphatic rings. The molecule has 6 rings (SSSR count). The zero-order valence-corrected chi connectivity index (χ0v) is 43.5. The summed E-state index contributed by atoms with van der Waals surface area (Å²) in [6.45, 7) is 7.23. The van der Waals surface area contributed by atoms with Crippen LogP contribution < -0.4 is 31.9 Å². The van der Waals surface area contributed by atoms with Gasteiger partial charge in [0.15, 0.2) is 5.78 Å². The predicted molar refractivity (Wildman–Crippen MR) is 270 cm³/mol. The van der Waals surface area contributed by atoms with Crippen LogP contribution in [0.3, 0.4) is 0 Å². The van der Waals surface area contributed by atoms with E-state index in [2.05, 4.69) is 36.8 Å². The smallest absolute Gasteiger partial charge is 0.317 e. The molecule has 1 aromatic heterocycles. The summed E-state index contributed by atoms with van der Waals surface area (Å²) in [7, 11) is 0. The van der Waals surface area contributed by atoms with Gasteiger partial charge in [0.1, 0.15) is 18.1 Å². The first-order chi connectivity index (χ1) is 36.6. The Kier molecular flexibility index (Phi) is 21.6. The number of ketones is 1. The number of Topliss-reactive ketones (excluding diaryl/α,β-unsaturated/α-hetero) is 1. The molecule has 27 nitrogen and oxygen atoms in total. The van der Waals surface area contributed by atoms with E-state index in [9.17, 15) is 73.2 Å². The first-order valence-electron chi connectivity index (χ1n) is 26.3. The van der Waals surface area contributed by atoms with E-state index >= 15 is 0 Å². The number of amides is 6. The number of hydrogen-bond donors (Lipinski definition) is 10.